The van der Waals surface area contributed by atoms with E-state index < -0.39 is 10.0 Å². The zero-order valence-electron chi connectivity index (χ0n) is 24.5. The number of halogens is 1. The van der Waals surface area contributed by atoms with Crippen molar-refractivity contribution in [2.75, 3.05) is 37.2 Å². The highest BCUT2D eigenvalue weighted by Gasteiger charge is 2.26. The van der Waals surface area contributed by atoms with Gasteiger partial charge in [-0.05, 0) is 92.2 Å². The topological polar surface area (TPSA) is 73.9 Å². The zero-order valence-corrected chi connectivity index (χ0v) is 27.0. The highest BCUT2D eigenvalue weighted by atomic mass is 35.5. The Bertz CT molecular complexity index is 1160. The van der Waals surface area contributed by atoms with Crippen LogP contribution in [-0.2, 0) is 16.6 Å². The Kier molecular flexibility index (Phi) is 13.5. The van der Waals surface area contributed by atoms with Crippen LogP contribution in [0, 0.1) is 5.92 Å². The number of hydrogen-bond acceptors (Lipinski definition) is 5. The summed E-state index contributed by atoms with van der Waals surface area (Å²) < 4.78 is 31.2. The molecule has 0 atom stereocenters. The number of benzene rings is 2. The van der Waals surface area contributed by atoms with Crippen molar-refractivity contribution in [3.63, 3.8) is 0 Å². The van der Waals surface area contributed by atoms with Crippen LogP contribution >= 0.6 is 24.6 Å². The van der Waals surface area contributed by atoms with Crippen molar-refractivity contribution in [3.8, 4) is 11.5 Å². The lowest BCUT2D eigenvalue weighted by atomic mass is 9.89. The van der Waals surface area contributed by atoms with Crippen LogP contribution in [0.2, 0.25) is 0 Å². The van der Waals surface area contributed by atoms with Crippen LogP contribution in [0.5, 0.6) is 11.5 Å². The second kappa shape index (κ2) is 16.5. The molecule has 2 aromatic carbocycles. The molecule has 0 aromatic heterocycles. The van der Waals surface area contributed by atoms with Crippen molar-refractivity contribution in [3.05, 3.63) is 54.1 Å². The molecule has 1 saturated heterocycles. The van der Waals surface area contributed by atoms with E-state index in [1.807, 2.05) is 12.1 Å². The molecule has 1 saturated carbocycles. The van der Waals surface area contributed by atoms with Gasteiger partial charge in [-0.1, -0.05) is 44.7 Å². The number of rotatable bonds is 12. The van der Waals surface area contributed by atoms with Crippen molar-refractivity contribution >= 4 is 45.4 Å². The summed E-state index contributed by atoms with van der Waals surface area (Å²) in [5.41, 5.74) is 1.78. The number of thiocarbonyl (C=S) groups is 1. The fraction of sp³-hybridized carbons (Fsp3) is 0.581. The van der Waals surface area contributed by atoms with E-state index in [4.69, 9.17) is 17.0 Å². The summed E-state index contributed by atoms with van der Waals surface area (Å²) in [7, 11) is -3.29. The molecule has 41 heavy (non-hydrogen) atoms. The van der Waals surface area contributed by atoms with Gasteiger partial charge < -0.3 is 15.0 Å². The maximum absolute atomic E-state index is 11.4. The van der Waals surface area contributed by atoms with E-state index in [0.29, 0.717) is 17.5 Å². The van der Waals surface area contributed by atoms with Gasteiger partial charge in [0.25, 0.3) is 0 Å². The van der Waals surface area contributed by atoms with E-state index in [9.17, 15) is 8.42 Å². The number of ether oxygens (including phenoxy) is 1. The van der Waals surface area contributed by atoms with Gasteiger partial charge in [-0.2, -0.15) is 0 Å². The Hall–Kier alpha value is -2.07. The maximum atomic E-state index is 11.4. The van der Waals surface area contributed by atoms with E-state index in [2.05, 4.69) is 38.9 Å². The van der Waals surface area contributed by atoms with Gasteiger partial charge in [-0.15, -0.1) is 12.4 Å². The van der Waals surface area contributed by atoms with E-state index >= 15 is 0 Å². The molecule has 1 aliphatic heterocycles. The summed E-state index contributed by atoms with van der Waals surface area (Å²) in [6.07, 6.45) is 12.6. The summed E-state index contributed by atoms with van der Waals surface area (Å²) in [4.78, 5) is 5.03. The molecule has 2 aromatic rings. The van der Waals surface area contributed by atoms with Gasteiger partial charge in [0.1, 0.15) is 11.5 Å². The molecule has 2 N–H and O–H groups in total. The van der Waals surface area contributed by atoms with Gasteiger partial charge in [0.05, 0.1) is 6.26 Å². The normalized spacial score (nSPS) is 16.9. The first-order valence-electron chi connectivity index (χ1n) is 14.9. The number of anilines is 1. The number of likely N-dealkylation sites (tertiary alicyclic amines) is 1. The quantitative estimate of drug-likeness (QED) is 0.252. The van der Waals surface area contributed by atoms with E-state index in [0.717, 1.165) is 68.6 Å². The summed E-state index contributed by atoms with van der Waals surface area (Å²) in [5, 5.41) is 4.62. The van der Waals surface area contributed by atoms with Gasteiger partial charge in [0.2, 0.25) is 10.0 Å². The van der Waals surface area contributed by atoms with Crippen molar-refractivity contribution in [1.82, 2.24) is 15.1 Å². The molecule has 2 fully saturated rings. The summed E-state index contributed by atoms with van der Waals surface area (Å²) >= 11 is 5.92. The van der Waals surface area contributed by atoms with Gasteiger partial charge in [0.15, 0.2) is 5.11 Å². The molecule has 4 rings (SSSR count). The fourth-order valence-corrected chi connectivity index (χ4v) is 6.64. The summed E-state index contributed by atoms with van der Waals surface area (Å²) in [5.74, 6) is 2.20. The molecule has 0 bridgehead atoms. The van der Waals surface area contributed by atoms with Crippen molar-refractivity contribution in [2.45, 2.75) is 77.3 Å². The van der Waals surface area contributed by atoms with Crippen molar-refractivity contribution < 1.29 is 13.2 Å². The lowest BCUT2D eigenvalue weighted by molar-refractivity contribution is 0.146. The second-order valence-corrected chi connectivity index (χ2v) is 13.5. The second-order valence-electron chi connectivity index (χ2n) is 11.4. The first kappa shape index (κ1) is 33.4. The first-order valence-corrected chi connectivity index (χ1v) is 17.2. The third-order valence-corrected chi connectivity index (χ3v) is 8.99. The van der Waals surface area contributed by atoms with Crippen LogP contribution in [0.4, 0.5) is 5.69 Å². The molecule has 228 valence electrons. The molecule has 0 unspecified atom stereocenters. The maximum Gasteiger partial charge on any atom is 0.229 e. The molecule has 7 nitrogen and oxygen atoms in total. The Labute approximate surface area is 258 Å². The smallest absolute Gasteiger partial charge is 0.229 e. The number of nitrogens with zero attached hydrogens (tertiary/aromatic N) is 2. The molecule has 2 aliphatic rings. The predicted molar refractivity (Wildman–Crippen MR) is 176 cm³/mol. The van der Waals surface area contributed by atoms with Crippen molar-refractivity contribution in [2.24, 2.45) is 5.92 Å². The molecule has 1 heterocycles. The van der Waals surface area contributed by atoms with Gasteiger partial charge in [0, 0.05) is 44.5 Å². The number of hydrogen-bond donors (Lipinski definition) is 2. The highest BCUT2D eigenvalue weighted by molar-refractivity contribution is 7.92. The van der Waals surface area contributed by atoms with E-state index in [1.165, 1.54) is 50.5 Å². The standard InChI is InChI=1S/C31H46N4O3S2.ClH/c1-3-4-20-35(31(39)32-23-25-8-6-5-7-9-25)28-18-21-34(22-19-28)24-26-10-14-29(15-11-26)38-30-16-12-27(13-17-30)33-40(2,36)37;/h10-17,25,28,33H,3-9,18-24H2,1-2H3,(H,32,39);1H. The van der Waals surface area contributed by atoms with Crippen molar-refractivity contribution in [1.29, 1.82) is 0 Å². The minimum Gasteiger partial charge on any atom is -0.457 e. The van der Waals surface area contributed by atoms with E-state index in [-0.39, 0.29) is 12.4 Å². The number of piperidine rings is 1. The minimum absolute atomic E-state index is 0. The minimum atomic E-state index is -3.29. The summed E-state index contributed by atoms with van der Waals surface area (Å²) in [6, 6.07) is 15.6. The Morgan fingerprint density at radius 2 is 1.59 bits per heavy atom. The molecule has 1 aliphatic carbocycles. The molecular formula is C31H47ClN4O3S2. The van der Waals surface area contributed by atoms with Crippen LogP contribution in [0.1, 0.15) is 70.3 Å². The average molecular weight is 623 g/mol. The van der Waals surface area contributed by atoms with Gasteiger partial charge >= 0.3 is 0 Å². The SMILES string of the molecule is CCCCN(C(=S)NCC1CCCCC1)C1CCN(Cc2ccc(Oc3ccc(NS(C)(=O)=O)cc3)cc2)CC1.Cl. The average Bonchev–Trinajstić information content (AvgIpc) is 2.95. The van der Waals surface area contributed by atoms with Crippen LogP contribution in [-0.4, -0.2) is 61.8 Å². The van der Waals surface area contributed by atoms with Crippen LogP contribution in [0.25, 0.3) is 0 Å². The number of unbranched alkanes of at least 4 members (excludes halogenated alkanes) is 1. The molecule has 0 spiro atoms. The number of nitrogens with one attached hydrogen (secondary N) is 2. The Morgan fingerprint density at radius 1 is 0.976 bits per heavy atom. The lowest BCUT2D eigenvalue weighted by Crippen LogP contribution is -2.51. The van der Waals surface area contributed by atoms with Crippen LogP contribution < -0.4 is 14.8 Å². The van der Waals surface area contributed by atoms with E-state index in [1.54, 1.807) is 24.3 Å². The molecule has 0 amide bonds. The van der Waals surface area contributed by atoms with Crippen LogP contribution in [0.3, 0.4) is 0 Å². The summed E-state index contributed by atoms with van der Waals surface area (Å²) in [6.45, 7) is 7.42. The predicted octanol–water partition coefficient (Wildman–Crippen LogP) is 6.79. The monoisotopic (exact) mass is 622 g/mol. The molecular weight excluding hydrogens is 576 g/mol. The number of sulfonamides is 1. The largest absolute Gasteiger partial charge is 0.457 e. The highest BCUT2D eigenvalue weighted by Crippen LogP contribution is 2.26. The fourth-order valence-electron chi connectivity index (χ4n) is 5.75. The lowest BCUT2D eigenvalue weighted by Gasteiger charge is -2.40. The van der Waals surface area contributed by atoms with Gasteiger partial charge in [-0.25, -0.2) is 8.42 Å². The third kappa shape index (κ3) is 11.3. The molecule has 10 heteroatoms. The first-order chi connectivity index (χ1) is 19.3. The Balaban J connectivity index is 0.00000462. The zero-order chi connectivity index (χ0) is 28.4. The van der Waals surface area contributed by atoms with Gasteiger partial charge in [-0.3, -0.25) is 9.62 Å². The molecule has 0 radical (unpaired) electrons. The third-order valence-electron chi connectivity index (χ3n) is 8.00. The Morgan fingerprint density at radius 3 is 2.17 bits per heavy atom. The van der Waals surface area contributed by atoms with Crippen LogP contribution in [0.15, 0.2) is 48.5 Å².